The zero-order valence-electron chi connectivity index (χ0n) is 14.6. The van der Waals surface area contributed by atoms with Crippen LogP contribution in [0.5, 0.6) is 0 Å². The first-order valence-corrected chi connectivity index (χ1v) is 11.8. The number of hydrogen-bond donors (Lipinski definition) is 0. The number of amides is 2. The maximum absolute atomic E-state index is 13.1. The van der Waals surface area contributed by atoms with Gasteiger partial charge in [-0.25, -0.2) is 12.8 Å². The highest BCUT2D eigenvalue weighted by Gasteiger charge is 2.30. The minimum atomic E-state index is -2.94. The summed E-state index contributed by atoms with van der Waals surface area (Å²) in [6.07, 6.45) is 0.598. The summed E-state index contributed by atoms with van der Waals surface area (Å²) in [6.45, 7) is 1.57. The predicted molar refractivity (Wildman–Crippen MR) is 103 cm³/mol. The van der Waals surface area contributed by atoms with Gasteiger partial charge in [-0.2, -0.15) is 0 Å². The maximum Gasteiger partial charge on any atom is 0.255 e. The van der Waals surface area contributed by atoms with Gasteiger partial charge >= 0.3 is 0 Å². The summed E-state index contributed by atoms with van der Waals surface area (Å²) in [5, 5.41) is 0.0591. The highest BCUT2D eigenvalue weighted by molar-refractivity contribution is 8.02. The normalized spacial score (nSPS) is 22.1. The Morgan fingerprint density at radius 2 is 1.85 bits per heavy atom. The van der Waals surface area contributed by atoms with E-state index < -0.39 is 15.7 Å². The van der Waals surface area contributed by atoms with Crippen LogP contribution in [0.15, 0.2) is 18.2 Å². The highest BCUT2D eigenvalue weighted by Crippen LogP contribution is 2.25. The van der Waals surface area contributed by atoms with Crippen molar-refractivity contribution in [2.24, 2.45) is 0 Å². The van der Waals surface area contributed by atoms with E-state index in [0.717, 1.165) is 6.07 Å². The fraction of sp³-hybridized carbons (Fsp3) is 0.529. The average Bonchev–Trinajstić information content (AvgIpc) is 2.98. The Kier molecular flexibility index (Phi) is 6.32. The minimum absolute atomic E-state index is 0.0116. The van der Waals surface area contributed by atoms with Crippen molar-refractivity contribution in [2.75, 3.05) is 43.4 Å². The smallest absolute Gasteiger partial charge is 0.255 e. The quantitative estimate of drug-likeness (QED) is 0.720. The Balaban J connectivity index is 1.48. The van der Waals surface area contributed by atoms with Gasteiger partial charge in [0.05, 0.1) is 27.8 Å². The SMILES string of the molecule is O=C(CSC1CCS(=O)(=O)C1)N1CCN(C(=O)c2ccc(F)cc2Cl)CC1. The van der Waals surface area contributed by atoms with E-state index in [1.807, 2.05) is 0 Å². The summed E-state index contributed by atoms with van der Waals surface area (Å²) >= 11 is 7.34. The second-order valence-electron chi connectivity index (χ2n) is 6.63. The highest BCUT2D eigenvalue weighted by atomic mass is 35.5. The molecule has 1 aromatic rings. The molecule has 1 atom stereocenters. The summed E-state index contributed by atoms with van der Waals surface area (Å²) in [5.74, 6) is -0.233. The number of benzene rings is 1. The van der Waals surface area contributed by atoms with E-state index in [0.29, 0.717) is 32.6 Å². The van der Waals surface area contributed by atoms with Gasteiger partial charge in [0.2, 0.25) is 5.91 Å². The molecule has 0 aromatic heterocycles. The Labute approximate surface area is 166 Å². The van der Waals surface area contributed by atoms with E-state index in [-0.39, 0.29) is 44.9 Å². The molecule has 2 aliphatic rings. The van der Waals surface area contributed by atoms with Crippen molar-refractivity contribution in [3.05, 3.63) is 34.6 Å². The molecule has 148 valence electrons. The van der Waals surface area contributed by atoms with Crippen LogP contribution in [-0.2, 0) is 14.6 Å². The first kappa shape index (κ1) is 20.4. The van der Waals surface area contributed by atoms with E-state index >= 15 is 0 Å². The minimum Gasteiger partial charge on any atom is -0.338 e. The molecule has 2 aliphatic heterocycles. The van der Waals surface area contributed by atoms with Crippen molar-refractivity contribution in [3.63, 3.8) is 0 Å². The second-order valence-corrected chi connectivity index (χ2v) is 10.6. The molecular formula is C17H20ClFN2O4S2. The lowest BCUT2D eigenvalue weighted by Gasteiger charge is -2.35. The lowest BCUT2D eigenvalue weighted by atomic mass is 10.1. The van der Waals surface area contributed by atoms with E-state index in [2.05, 4.69) is 0 Å². The molecule has 1 unspecified atom stereocenters. The van der Waals surface area contributed by atoms with Crippen molar-refractivity contribution >= 4 is 45.0 Å². The van der Waals surface area contributed by atoms with Gasteiger partial charge < -0.3 is 9.80 Å². The number of sulfone groups is 1. The third-order valence-corrected chi connectivity index (χ3v) is 8.29. The third-order valence-electron chi connectivity index (χ3n) is 4.71. The molecular weight excluding hydrogens is 415 g/mol. The fourth-order valence-corrected chi connectivity index (χ4v) is 6.96. The van der Waals surface area contributed by atoms with Gasteiger partial charge in [-0.3, -0.25) is 9.59 Å². The predicted octanol–water partition coefficient (Wildman–Crippen LogP) is 1.68. The molecule has 6 nitrogen and oxygen atoms in total. The number of halogens is 2. The van der Waals surface area contributed by atoms with Crippen LogP contribution in [0, 0.1) is 5.82 Å². The summed E-state index contributed by atoms with van der Waals surface area (Å²) in [6, 6.07) is 3.66. The Bertz CT molecular complexity index is 841. The van der Waals surface area contributed by atoms with Gasteiger partial charge in [0.1, 0.15) is 5.82 Å². The summed E-state index contributed by atoms with van der Waals surface area (Å²) in [4.78, 5) is 28.2. The molecule has 0 saturated carbocycles. The monoisotopic (exact) mass is 434 g/mol. The van der Waals surface area contributed by atoms with Crippen LogP contribution in [0.3, 0.4) is 0 Å². The zero-order valence-corrected chi connectivity index (χ0v) is 17.0. The second kappa shape index (κ2) is 8.36. The fourth-order valence-electron chi connectivity index (χ4n) is 3.16. The summed E-state index contributed by atoms with van der Waals surface area (Å²) < 4.78 is 36.1. The summed E-state index contributed by atoms with van der Waals surface area (Å²) in [7, 11) is -2.94. The number of nitrogens with zero attached hydrogens (tertiary/aromatic N) is 2. The molecule has 10 heteroatoms. The molecule has 2 heterocycles. The molecule has 2 fully saturated rings. The Morgan fingerprint density at radius 1 is 1.19 bits per heavy atom. The number of carbonyl (C=O) groups is 2. The number of hydrogen-bond acceptors (Lipinski definition) is 5. The van der Waals surface area contributed by atoms with Crippen LogP contribution in [-0.4, -0.2) is 78.7 Å². The molecule has 0 aliphatic carbocycles. The van der Waals surface area contributed by atoms with Crippen molar-refractivity contribution in [3.8, 4) is 0 Å². The topological polar surface area (TPSA) is 74.8 Å². The van der Waals surface area contributed by atoms with Crippen molar-refractivity contribution in [2.45, 2.75) is 11.7 Å². The first-order chi connectivity index (χ1) is 12.7. The van der Waals surface area contributed by atoms with E-state index in [1.54, 1.807) is 9.80 Å². The molecule has 0 spiro atoms. The van der Waals surface area contributed by atoms with Crippen LogP contribution >= 0.6 is 23.4 Å². The zero-order chi connectivity index (χ0) is 19.6. The first-order valence-electron chi connectivity index (χ1n) is 8.59. The van der Waals surface area contributed by atoms with E-state index in [4.69, 9.17) is 11.6 Å². The number of thioether (sulfide) groups is 1. The lowest BCUT2D eigenvalue weighted by molar-refractivity contribution is -0.129. The molecule has 0 bridgehead atoms. The molecule has 0 N–H and O–H groups in total. The maximum atomic E-state index is 13.1. The third kappa shape index (κ3) is 5.14. The number of carbonyl (C=O) groups excluding carboxylic acids is 2. The molecule has 27 heavy (non-hydrogen) atoms. The molecule has 0 radical (unpaired) electrons. The van der Waals surface area contributed by atoms with Gasteiger partial charge in [0, 0.05) is 31.4 Å². The van der Waals surface area contributed by atoms with Gasteiger partial charge in [-0.15, -0.1) is 11.8 Å². The molecule has 3 rings (SSSR count). The van der Waals surface area contributed by atoms with Gasteiger partial charge in [-0.05, 0) is 24.6 Å². The van der Waals surface area contributed by atoms with E-state index in [9.17, 15) is 22.4 Å². The van der Waals surface area contributed by atoms with Crippen molar-refractivity contribution in [1.82, 2.24) is 9.80 Å². The van der Waals surface area contributed by atoms with Crippen LogP contribution < -0.4 is 0 Å². The van der Waals surface area contributed by atoms with Crippen LogP contribution in [0.4, 0.5) is 4.39 Å². The number of rotatable bonds is 4. The van der Waals surface area contributed by atoms with Gasteiger partial charge in [0.15, 0.2) is 9.84 Å². The van der Waals surface area contributed by atoms with E-state index in [1.165, 1.54) is 23.9 Å². The molecule has 1 aromatic carbocycles. The van der Waals surface area contributed by atoms with Gasteiger partial charge in [0.25, 0.3) is 5.91 Å². The Hall–Kier alpha value is -1.32. The van der Waals surface area contributed by atoms with Gasteiger partial charge in [-0.1, -0.05) is 11.6 Å². The van der Waals surface area contributed by atoms with Crippen LogP contribution in [0.1, 0.15) is 16.8 Å². The molecule has 2 amide bonds. The Morgan fingerprint density at radius 3 is 2.44 bits per heavy atom. The van der Waals surface area contributed by atoms with Crippen LogP contribution in [0.25, 0.3) is 0 Å². The number of piperazine rings is 1. The molecule has 2 saturated heterocycles. The average molecular weight is 435 g/mol. The van der Waals surface area contributed by atoms with Crippen molar-refractivity contribution < 1.29 is 22.4 Å². The lowest BCUT2D eigenvalue weighted by Crippen LogP contribution is -2.51. The largest absolute Gasteiger partial charge is 0.338 e. The standard InChI is InChI=1S/C17H20ClFN2O4S2/c18-15-9-12(19)1-2-14(15)17(23)21-6-4-20(5-7-21)16(22)10-26-13-3-8-27(24,25)11-13/h1-2,9,13H,3-8,10-11H2. The van der Waals surface area contributed by atoms with Crippen molar-refractivity contribution in [1.29, 1.82) is 0 Å². The summed E-state index contributed by atoms with van der Waals surface area (Å²) in [5.41, 5.74) is 0.246. The van der Waals surface area contributed by atoms with Crippen LogP contribution in [0.2, 0.25) is 5.02 Å².